The van der Waals surface area contributed by atoms with Crippen LogP contribution >= 0.6 is 11.3 Å². The summed E-state index contributed by atoms with van der Waals surface area (Å²) in [6.07, 6.45) is 3.08. The van der Waals surface area contributed by atoms with Gasteiger partial charge in [-0.15, -0.1) is 11.3 Å². The molecular weight excluding hydrogens is 290 g/mol. The van der Waals surface area contributed by atoms with Gasteiger partial charge in [-0.05, 0) is 30.7 Å². The molecule has 1 aliphatic heterocycles. The highest BCUT2D eigenvalue weighted by Gasteiger charge is 2.36. The van der Waals surface area contributed by atoms with E-state index in [1.54, 1.807) is 11.3 Å². The van der Waals surface area contributed by atoms with E-state index in [2.05, 4.69) is 12.2 Å². The Kier molecular flexibility index (Phi) is 3.99. The molecule has 1 saturated heterocycles. The number of ether oxygens (including phenoxy) is 1. The van der Waals surface area contributed by atoms with Gasteiger partial charge in [0.15, 0.2) is 0 Å². The first-order valence-corrected chi connectivity index (χ1v) is 8.15. The zero-order valence-electron chi connectivity index (χ0n) is 11.9. The number of fused-ring (bicyclic) bond motifs is 1. The third kappa shape index (κ3) is 2.82. The van der Waals surface area contributed by atoms with Gasteiger partial charge in [0.1, 0.15) is 5.92 Å². The van der Waals surface area contributed by atoms with Crippen LogP contribution in [0.25, 0.3) is 0 Å². The normalized spacial score (nSPS) is 28.1. The van der Waals surface area contributed by atoms with Crippen LogP contribution in [0.4, 0.5) is 0 Å². The van der Waals surface area contributed by atoms with E-state index in [0.717, 1.165) is 30.4 Å². The Labute approximate surface area is 127 Å². The van der Waals surface area contributed by atoms with Gasteiger partial charge in [-0.2, -0.15) is 0 Å². The smallest absolute Gasteiger partial charge is 0.311 e. The zero-order valence-corrected chi connectivity index (χ0v) is 12.7. The minimum atomic E-state index is -0.918. The highest BCUT2D eigenvalue weighted by molar-refractivity contribution is 7.10. The third-order valence-corrected chi connectivity index (χ3v) is 5.41. The first-order valence-electron chi connectivity index (χ1n) is 7.27. The zero-order chi connectivity index (χ0) is 15.0. The van der Waals surface area contributed by atoms with Crippen LogP contribution in [-0.4, -0.2) is 36.2 Å². The summed E-state index contributed by atoms with van der Waals surface area (Å²) < 4.78 is 5.18. The molecule has 1 aromatic heterocycles. The van der Waals surface area contributed by atoms with E-state index in [0.29, 0.717) is 5.92 Å². The number of amides is 1. The molecule has 3 rings (SSSR count). The molecule has 1 fully saturated rings. The number of carbonyl (C=O) groups excluding carboxylic acids is 1. The van der Waals surface area contributed by atoms with Gasteiger partial charge in [0, 0.05) is 10.3 Å². The van der Waals surface area contributed by atoms with Gasteiger partial charge in [0.05, 0.1) is 24.8 Å². The summed E-state index contributed by atoms with van der Waals surface area (Å²) in [5, 5.41) is 13.9. The average molecular weight is 309 g/mol. The van der Waals surface area contributed by atoms with Gasteiger partial charge >= 0.3 is 5.97 Å². The lowest BCUT2D eigenvalue weighted by Gasteiger charge is -2.20. The molecule has 2 heterocycles. The van der Waals surface area contributed by atoms with E-state index in [1.807, 2.05) is 5.38 Å². The molecule has 0 spiro atoms. The Morgan fingerprint density at radius 1 is 1.43 bits per heavy atom. The SMILES string of the molecule is CC1CCc2c(C(=O)NC3COCC3C(=O)O)csc2C1. The number of rotatable bonds is 3. The average Bonchev–Trinajstić information content (AvgIpc) is 3.04. The Morgan fingerprint density at radius 3 is 3.00 bits per heavy atom. The van der Waals surface area contributed by atoms with Gasteiger partial charge in [0.25, 0.3) is 5.91 Å². The minimum Gasteiger partial charge on any atom is -0.481 e. The summed E-state index contributed by atoms with van der Waals surface area (Å²) in [6, 6.07) is -0.437. The quantitative estimate of drug-likeness (QED) is 0.891. The summed E-state index contributed by atoms with van der Waals surface area (Å²) in [5.74, 6) is -1.06. The maximum atomic E-state index is 12.4. The minimum absolute atomic E-state index is 0.163. The number of carbonyl (C=O) groups is 2. The van der Waals surface area contributed by atoms with Crippen molar-refractivity contribution in [3.05, 3.63) is 21.4 Å². The Hall–Kier alpha value is -1.40. The Bertz CT molecular complexity index is 568. The van der Waals surface area contributed by atoms with E-state index < -0.39 is 17.9 Å². The highest BCUT2D eigenvalue weighted by atomic mass is 32.1. The predicted octanol–water partition coefficient (Wildman–Crippen LogP) is 1.70. The van der Waals surface area contributed by atoms with E-state index in [-0.39, 0.29) is 19.1 Å². The van der Waals surface area contributed by atoms with E-state index >= 15 is 0 Å². The molecule has 0 aromatic carbocycles. The number of carboxylic acid groups (broad SMARTS) is 1. The van der Waals surface area contributed by atoms with E-state index in [9.17, 15) is 9.59 Å². The maximum absolute atomic E-state index is 12.4. The van der Waals surface area contributed by atoms with E-state index in [4.69, 9.17) is 9.84 Å². The fourth-order valence-electron chi connectivity index (χ4n) is 3.05. The van der Waals surface area contributed by atoms with Gasteiger partial charge < -0.3 is 15.2 Å². The molecule has 21 heavy (non-hydrogen) atoms. The lowest BCUT2D eigenvalue weighted by atomic mass is 9.88. The molecule has 5 nitrogen and oxygen atoms in total. The summed E-state index contributed by atoms with van der Waals surface area (Å²) in [7, 11) is 0. The third-order valence-electron chi connectivity index (χ3n) is 4.36. The van der Waals surface area contributed by atoms with Crippen molar-refractivity contribution in [2.24, 2.45) is 11.8 Å². The fraction of sp³-hybridized carbons (Fsp3) is 0.600. The molecule has 1 aromatic rings. The van der Waals surface area contributed by atoms with Crippen molar-refractivity contribution in [2.45, 2.75) is 32.2 Å². The predicted molar refractivity (Wildman–Crippen MR) is 78.7 cm³/mol. The second-order valence-corrected chi connectivity index (χ2v) is 6.93. The fourth-order valence-corrected chi connectivity index (χ4v) is 4.30. The first-order chi connectivity index (χ1) is 10.1. The van der Waals surface area contributed by atoms with Gasteiger partial charge in [0.2, 0.25) is 0 Å². The second-order valence-electron chi connectivity index (χ2n) is 5.96. The van der Waals surface area contributed by atoms with Crippen LogP contribution in [-0.2, 0) is 22.4 Å². The van der Waals surface area contributed by atoms with Crippen LogP contribution in [0.2, 0.25) is 0 Å². The Balaban J connectivity index is 1.73. The standard InChI is InChI=1S/C15H19NO4S/c1-8-2-3-9-11(7-21-13(9)4-8)14(17)16-12-6-20-5-10(12)15(18)19/h7-8,10,12H,2-6H2,1H3,(H,16,17)(H,18,19). The summed E-state index contributed by atoms with van der Waals surface area (Å²) >= 11 is 1.64. The van der Waals surface area contributed by atoms with Crippen molar-refractivity contribution in [1.82, 2.24) is 5.32 Å². The molecule has 2 N–H and O–H groups in total. The number of aliphatic carboxylic acids is 1. The number of hydrogen-bond acceptors (Lipinski definition) is 4. The molecule has 3 atom stereocenters. The van der Waals surface area contributed by atoms with E-state index in [1.165, 1.54) is 4.88 Å². The van der Waals surface area contributed by atoms with Crippen LogP contribution < -0.4 is 5.32 Å². The molecule has 2 aliphatic rings. The molecule has 1 amide bonds. The number of nitrogens with one attached hydrogen (secondary N) is 1. The maximum Gasteiger partial charge on any atom is 0.311 e. The molecule has 3 unspecified atom stereocenters. The highest BCUT2D eigenvalue weighted by Crippen LogP contribution is 2.33. The van der Waals surface area contributed by atoms with Gasteiger partial charge in [-0.25, -0.2) is 0 Å². The van der Waals surface area contributed by atoms with Crippen molar-refractivity contribution < 1.29 is 19.4 Å². The van der Waals surface area contributed by atoms with Crippen LogP contribution in [0, 0.1) is 11.8 Å². The van der Waals surface area contributed by atoms with Crippen LogP contribution in [0.1, 0.15) is 34.1 Å². The Morgan fingerprint density at radius 2 is 2.24 bits per heavy atom. The van der Waals surface area contributed by atoms with Crippen molar-refractivity contribution >= 4 is 23.2 Å². The number of carboxylic acids is 1. The number of hydrogen-bond donors (Lipinski definition) is 2. The van der Waals surface area contributed by atoms with Crippen LogP contribution in [0.3, 0.4) is 0 Å². The molecule has 1 aliphatic carbocycles. The lowest BCUT2D eigenvalue weighted by Crippen LogP contribution is -2.42. The van der Waals surface area contributed by atoms with Crippen LogP contribution in [0.15, 0.2) is 5.38 Å². The molecule has 0 bridgehead atoms. The van der Waals surface area contributed by atoms with Crippen molar-refractivity contribution in [1.29, 1.82) is 0 Å². The molecule has 0 saturated carbocycles. The van der Waals surface area contributed by atoms with Crippen LogP contribution in [0.5, 0.6) is 0 Å². The molecular formula is C15H19NO4S. The molecule has 114 valence electrons. The van der Waals surface area contributed by atoms with Crippen molar-refractivity contribution in [3.63, 3.8) is 0 Å². The summed E-state index contributed by atoms with van der Waals surface area (Å²) in [5.41, 5.74) is 1.87. The summed E-state index contributed by atoms with van der Waals surface area (Å²) in [6.45, 7) is 2.67. The lowest BCUT2D eigenvalue weighted by molar-refractivity contribution is -0.142. The number of thiophene rings is 1. The van der Waals surface area contributed by atoms with Crippen molar-refractivity contribution in [3.8, 4) is 0 Å². The van der Waals surface area contributed by atoms with Gasteiger partial charge in [-0.3, -0.25) is 9.59 Å². The van der Waals surface area contributed by atoms with Crippen molar-refractivity contribution in [2.75, 3.05) is 13.2 Å². The first kappa shape index (κ1) is 14.5. The topological polar surface area (TPSA) is 75.6 Å². The largest absolute Gasteiger partial charge is 0.481 e. The monoisotopic (exact) mass is 309 g/mol. The summed E-state index contributed by atoms with van der Waals surface area (Å²) in [4.78, 5) is 24.9. The second kappa shape index (κ2) is 5.77. The van der Waals surface area contributed by atoms with Gasteiger partial charge in [-0.1, -0.05) is 6.92 Å². The molecule has 0 radical (unpaired) electrons. The molecule has 6 heteroatoms.